The van der Waals surface area contributed by atoms with E-state index in [1.807, 2.05) is 18.7 Å². The smallest absolute Gasteiger partial charge is 0.0860 e. The second kappa shape index (κ2) is 6.25. The lowest BCUT2D eigenvalue weighted by Gasteiger charge is -2.29. The van der Waals surface area contributed by atoms with Gasteiger partial charge in [-0.3, -0.25) is 9.58 Å². The van der Waals surface area contributed by atoms with Gasteiger partial charge in [0, 0.05) is 32.2 Å². The molecule has 1 atom stereocenters. The van der Waals surface area contributed by atoms with Gasteiger partial charge in [-0.1, -0.05) is 11.6 Å². The summed E-state index contributed by atoms with van der Waals surface area (Å²) in [6.45, 7) is 9.55. The van der Waals surface area contributed by atoms with Crippen LogP contribution >= 0.6 is 11.6 Å². The Morgan fingerprint density at radius 2 is 2.26 bits per heavy atom. The van der Waals surface area contributed by atoms with Gasteiger partial charge in [0.25, 0.3) is 0 Å². The Labute approximate surface area is 121 Å². The van der Waals surface area contributed by atoms with Crippen molar-refractivity contribution in [2.45, 2.75) is 52.2 Å². The fourth-order valence-electron chi connectivity index (χ4n) is 2.70. The molecule has 1 aliphatic rings. The monoisotopic (exact) mass is 284 g/mol. The van der Waals surface area contributed by atoms with E-state index < -0.39 is 0 Å². The summed E-state index contributed by atoms with van der Waals surface area (Å²) in [6.07, 6.45) is 2.57. The van der Waals surface area contributed by atoms with Crippen LogP contribution in [0.1, 0.15) is 38.1 Å². The molecule has 0 spiro atoms. The summed E-state index contributed by atoms with van der Waals surface area (Å²) in [7, 11) is 1.97. The van der Waals surface area contributed by atoms with E-state index >= 15 is 0 Å². The van der Waals surface area contributed by atoms with Crippen molar-refractivity contribution >= 4 is 11.6 Å². The lowest BCUT2D eigenvalue weighted by Crippen LogP contribution is -2.41. The number of aryl methyl sites for hydroxylation is 2. The zero-order chi connectivity index (χ0) is 14.0. The molecule has 2 rings (SSSR count). The van der Waals surface area contributed by atoms with Crippen LogP contribution in [-0.4, -0.2) is 39.9 Å². The van der Waals surface area contributed by atoms with Gasteiger partial charge in [-0.25, -0.2) is 0 Å². The molecular weight excluding hydrogens is 260 g/mol. The van der Waals surface area contributed by atoms with Gasteiger partial charge in [0.2, 0.25) is 0 Å². The van der Waals surface area contributed by atoms with E-state index in [9.17, 15) is 0 Å². The average Bonchev–Trinajstić information content (AvgIpc) is 2.92. The lowest BCUT2D eigenvalue weighted by atomic mass is 10.2. The molecule has 1 unspecified atom stereocenters. The first-order valence-electron chi connectivity index (χ1n) is 7.14. The van der Waals surface area contributed by atoms with Crippen molar-refractivity contribution < 1.29 is 0 Å². The number of halogens is 1. The van der Waals surface area contributed by atoms with E-state index in [1.54, 1.807) is 0 Å². The van der Waals surface area contributed by atoms with E-state index in [-0.39, 0.29) is 0 Å². The zero-order valence-electron chi connectivity index (χ0n) is 12.4. The minimum atomic E-state index is 0.508. The minimum Gasteiger partial charge on any atom is -0.313 e. The van der Waals surface area contributed by atoms with Gasteiger partial charge in [-0.15, -0.1) is 0 Å². The van der Waals surface area contributed by atoms with Gasteiger partial charge in [0.05, 0.1) is 16.4 Å². The highest BCUT2D eigenvalue weighted by Crippen LogP contribution is 2.22. The van der Waals surface area contributed by atoms with E-state index in [0.29, 0.717) is 12.1 Å². The summed E-state index contributed by atoms with van der Waals surface area (Å²) in [6, 6.07) is 1.13. The number of rotatable bonds is 5. The van der Waals surface area contributed by atoms with Crippen LogP contribution in [0.2, 0.25) is 5.02 Å². The molecule has 1 saturated heterocycles. The van der Waals surface area contributed by atoms with Gasteiger partial charge in [0.1, 0.15) is 0 Å². The molecule has 2 heterocycles. The maximum absolute atomic E-state index is 6.35. The van der Waals surface area contributed by atoms with Crippen LogP contribution < -0.4 is 5.32 Å². The van der Waals surface area contributed by atoms with Crippen molar-refractivity contribution in [3.63, 3.8) is 0 Å². The number of hydrogen-bond donors (Lipinski definition) is 1. The summed E-state index contributed by atoms with van der Waals surface area (Å²) in [5.74, 6) is 0. The van der Waals surface area contributed by atoms with Crippen LogP contribution in [0.3, 0.4) is 0 Å². The normalized spacial score (nSPS) is 19.8. The topological polar surface area (TPSA) is 33.1 Å². The molecule has 0 bridgehead atoms. The Bertz CT molecular complexity index is 421. The molecule has 0 radical (unpaired) electrons. The highest BCUT2D eigenvalue weighted by atomic mass is 35.5. The molecule has 108 valence electrons. The third-order valence-electron chi connectivity index (χ3n) is 3.96. The highest BCUT2D eigenvalue weighted by Gasteiger charge is 2.22. The molecule has 19 heavy (non-hydrogen) atoms. The predicted octanol–water partition coefficient (Wildman–Crippen LogP) is 2.34. The number of nitrogens with zero attached hydrogens (tertiary/aromatic N) is 3. The second-order valence-corrected chi connectivity index (χ2v) is 6.16. The van der Waals surface area contributed by atoms with Crippen molar-refractivity contribution in [2.75, 3.05) is 13.1 Å². The molecule has 1 aromatic heterocycles. The fourth-order valence-corrected chi connectivity index (χ4v) is 2.92. The molecule has 5 heteroatoms. The highest BCUT2D eigenvalue weighted by molar-refractivity contribution is 6.31. The maximum atomic E-state index is 6.35. The van der Waals surface area contributed by atoms with Crippen molar-refractivity contribution in [1.82, 2.24) is 20.0 Å². The first-order chi connectivity index (χ1) is 8.99. The van der Waals surface area contributed by atoms with Crippen LogP contribution in [0, 0.1) is 6.92 Å². The minimum absolute atomic E-state index is 0.508. The van der Waals surface area contributed by atoms with Crippen molar-refractivity contribution in [3.05, 3.63) is 16.4 Å². The molecule has 0 aromatic carbocycles. The summed E-state index contributed by atoms with van der Waals surface area (Å²) in [5, 5.41) is 8.77. The fraction of sp³-hybridized carbons (Fsp3) is 0.786. The van der Waals surface area contributed by atoms with Crippen LogP contribution in [0.4, 0.5) is 0 Å². The molecule has 1 N–H and O–H groups in total. The van der Waals surface area contributed by atoms with Gasteiger partial charge in [-0.2, -0.15) is 5.10 Å². The zero-order valence-corrected chi connectivity index (χ0v) is 13.2. The van der Waals surface area contributed by atoms with E-state index in [0.717, 1.165) is 36.0 Å². The van der Waals surface area contributed by atoms with Crippen LogP contribution in [0.25, 0.3) is 0 Å². The molecule has 1 aliphatic heterocycles. The van der Waals surface area contributed by atoms with Gasteiger partial charge in [-0.05, 0) is 40.2 Å². The summed E-state index contributed by atoms with van der Waals surface area (Å²) in [5.41, 5.74) is 2.03. The molecule has 0 saturated carbocycles. The van der Waals surface area contributed by atoms with Crippen LogP contribution in [0.15, 0.2) is 0 Å². The second-order valence-electron chi connectivity index (χ2n) is 5.79. The third-order valence-corrected chi connectivity index (χ3v) is 4.45. The van der Waals surface area contributed by atoms with E-state index in [1.165, 1.54) is 12.8 Å². The van der Waals surface area contributed by atoms with Gasteiger partial charge >= 0.3 is 0 Å². The molecule has 1 fully saturated rings. The Hall–Kier alpha value is -0.580. The molecule has 0 amide bonds. The first-order valence-corrected chi connectivity index (χ1v) is 7.52. The Balaban J connectivity index is 2.07. The third kappa shape index (κ3) is 3.50. The summed E-state index contributed by atoms with van der Waals surface area (Å²) in [4.78, 5) is 2.48. The maximum Gasteiger partial charge on any atom is 0.0860 e. The standard InChI is InChI=1S/C14H25ClN4/c1-10(2)19(8-12-6-5-7-16-12)9-13-14(15)11(3)17-18(13)4/h10,12,16H,5-9H2,1-4H3. The summed E-state index contributed by atoms with van der Waals surface area (Å²) >= 11 is 6.35. The quantitative estimate of drug-likeness (QED) is 0.901. The molecule has 1 aromatic rings. The first kappa shape index (κ1) is 14.8. The van der Waals surface area contributed by atoms with Gasteiger partial charge < -0.3 is 5.32 Å². The molecule has 0 aliphatic carbocycles. The molecule has 4 nitrogen and oxygen atoms in total. The lowest BCUT2D eigenvalue weighted by molar-refractivity contribution is 0.189. The van der Waals surface area contributed by atoms with Gasteiger partial charge in [0.15, 0.2) is 0 Å². The largest absolute Gasteiger partial charge is 0.313 e. The number of hydrogen-bond acceptors (Lipinski definition) is 3. The number of aromatic nitrogens is 2. The number of nitrogens with one attached hydrogen (secondary N) is 1. The van der Waals surface area contributed by atoms with E-state index in [4.69, 9.17) is 11.6 Å². The van der Waals surface area contributed by atoms with Crippen molar-refractivity contribution in [2.24, 2.45) is 7.05 Å². The SMILES string of the molecule is Cc1nn(C)c(CN(CC2CCCN2)C(C)C)c1Cl. The van der Waals surface area contributed by atoms with E-state index in [2.05, 4.69) is 29.2 Å². The molecular formula is C14H25ClN4. The van der Waals surface area contributed by atoms with Crippen LogP contribution in [0.5, 0.6) is 0 Å². The van der Waals surface area contributed by atoms with Crippen LogP contribution in [-0.2, 0) is 13.6 Å². The Kier molecular flexibility index (Phi) is 4.87. The Morgan fingerprint density at radius 3 is 2.74 bits per heavy atom. The van der Waals surface area contributed by atoms with Crippen molar-refractivity contribution in [3.8, 4) is 0 Å². The predicted molar refractivity (Wildman–Crippen MR) is 79.5 cm³/mol. The average molecular weight is 285 g/mol. The Morgan fingerprint density at radius 1 is 1.53 bits per heavy atom. The summed E-state index contributed by atoms with van der Waals surface area (Å²) < 4.78 is 1.91. The van der Waals surface area contributed by atoms with Crippen molar-refractivity contribution in [1.29, 1.82) is 0 Å².